The molecule has 0 saturated carbocycles. The molecule has 0 spiro atoms. The Balaban J connectivity index is 2.47. The van der Waals surface area contributed by atoms with Crippen LogP contribution in [0.25, 0.3) is 32.8 Å². The lowest BCUT2D eigenvalue weighted by atomic mass is 9.97. The Labute approximate surface area is 173 Å². The smallest absolute Gasteiger partial charge is 0.177 e. The van der Waals surface area contributed by atoms with E-state index in [9.17, 15) is 31.6 Å². The molecule has 138 valence electrons. The van der Waals surface area contributed by atoms with Crippen LogP contribution in [-0.2, 0) is 0 Å². The minimum Gasteiger partial charge on any atom is -0.235 e. The fourth-order valence-corrected chi connectivity index (χ4v) is 3.38. The topological polar surface area (TPSA) is 194 Å². The molecule has 4 rings (SSSR count). The number of rotatable bonds is 0. The largest absolute Gasteiger partial charge is 0.235 e. The number of benzene rings is 1. The minimum atomic E-state index is -0.236. The summed E-state index contributed by atoms with van der Waals surface area (Å²) in [6.45, 7) is 1.60. The normalized spacial score (nSPS) is 9.90. The molecule has 0 radical (unpaired) electrons. The summed E-state index contributed by atoms with van der Waals surface area (Å²) in [5.74, 6) is 0. The molecule has 0 atom stereocenters. The highest BCUT2D eigenvalue weighted by Crippen LogP contribution is 2.36. The first-order chi connectivity index (χ1) is 15.0. The van der Waals surface area contributed by atoms with Crippen LogP contribution in [0.1, 0.15) is 39.5 Å². The van der Waals surface area contributed by atoms with Crippen molar-refractivity contribution < 1.29 is 0 Å². The van der Waals surface area contributed by atoms with Gasteiger partial charge in [0, 0.05) is 10.8 Å². The van der Waals surface area contributed by atoms with Crippen LogP contribution in [0.5, 0.6) is 0 Å². The molecule has 4 aromatic rings. The van der Waals surface area contributed by atoms with Gasteiger partial charge >= 0.3 is 0 Å². The molecule has 0 aliphatic carbocycles. The molecule has 1 aromatic carbocycles. The summed E-state index contributed by atoms with van der Waals surface area (Å²) in [4.78, 5) is 17.0. The number of hydrogen-bond donors (Lipinski definition) is 0. The fourth-order valence-electron chi connectivity index (χ4n) is 3.38. The van der Waals surface area contributed by atoms with Crippen LogP contribution >= 0.6 is 0 Å². The molecule has 31 heavy (non-hydrogen) atoms. The summed E-state index contributed by atoms with van der Waals surface area (Å²) in [6, 6.07) is 12.6. The van der Waals surface area contributed by atoms with Gasteiger partial charge in [-0.15, -0.1) is 0 Å². The van der Waals surface area contributed by atoms with Crippen LogP contribution in [-0.4, -0.2) is 19.9 Å². The van der Waals surface area contributed by atoms with E-state index in [1.807, 2.05) is 24.3 Å². The summed E-state index contributed by atoms with van der Waals surface area (Å²) >= 11 is 0. The molecule has 0 unspecified atom stereocenters. The van der Waals surface area contributed by atoms with Gasteiger partial charge in [0.25, 0.3) is 0 Å². The third-order valence-corrected chi connectivity index (χ3v) is 4.74. The molecule has 3 heterocycles. The van der Waals surface area contributed by atoms with E-state index in [2.05, 4.69) is 19.9 Å². The summed E-state index contributed by atoms with van der Waals surface area (Å²) in [6.07, 6.45) is 0. The first-order valence-electron chi connectivity index (χ1n) is 8.46. The molecule has 0 N–H and O–H groups in total. The van der Waals surface area contributed by atoms with E-state index in [1.54, 1.807) is 19.1 Å². The molecule has 0 aliphatic rings. The Kier molecular flexibility index (Phi) is 4.06. The number of pyridine rings is 2. The summed E-state index contributed by atoms with van der Waals surface area (Å²) in [5, 5.41) is 57.2. The summed E-state index contributed by atoms with van der Waals surface area (Å²) in [7, 11) is 0. The maximum absolute atomic E-state index is 9.54. The highest BCUT2D eigenvalue weighted by atomic mass is 14.9. The van der Waals surface area contributed by atoms with Gasteiger partial charge in [-0.25, -0.2) is 19.9 Å². The summed E-state index contributed by atoms with van der Waals surface area (Å²) < 4.78 is 0. The number of fused-ring (bicyclic) bond motifs is 6. The fraction of sp³-hybridized carbons (Fsp3) is 0.0476. The highest BCUT2D eigenvalue weighted by molar-refractivity contribution is 6.22. The Morgan fingerprint density at radius 1 is 0.581 bits per heavy atom. The standard InChI is InChI=1S/C21H4N10/c1-9-12(4-23)14(6-25)29-20-17(9)18-11(2-10(3-22)13(5-24)28-18)19-21(20)31-16(8-27)15(7-26)30-19/h2H,1H3. The van der Waals surface area contributed by atoms with Gasteiger partial charge in [0.15, 0.2) is 22.8 Å². The van der Waals surface area contributed by atoms with Crippen LogP contribution in [0.3, 0.4) is 0 Å². The van der Waals surface area contributed by atoms with E-state index in [4.69, 9.17) is 0 Å². The number of hydrogen-bond acceptors (Lipinski definition) is 10. The quantitative estimate of drug-likeness (QED) is 0.397. The molecule has 3 aromatic heterocycles. The minimum absolute atomic E-state index is 0.0138. The molecule has 0 bridgehead atoms. The Morgan fingerprint density at radius 2 is 1.13 bits per heavy atom. The molecular formula is C21H4N10. The van der Waals surface area contributed by atoms with E-state index in [-0.39, 0.29) is 56.0 Å². The van der Waals surface area contributed by atoms with E-state index in [0.717, 1.165) is 0 Å². The Morgan fingerprint density at radius 3 is 1.68 bits per heavy atom. The molecular weight excluding hydrogens is 392 g/mol. The summed E-state index contributed by atoms with van der Waals surface area (Å²) in [5.41, 5.74) is 0.238. The van der Waals surface area contributed by atoms with Crippen LogP contribution in [0, 0.1) is 74.9 Å². The molecule has 10 heteroatoms. The maximum Gasteiger partial charge on any atom is 0.177 e. The van der Waals surface area contributed by atoms with Gasteiger partial charge in [-0.1, -0.05) is 0 Å². The maximum atomic E-state index is 9.54. The van der Waals surface area contributed by atoms with Crippen molar-refractivity contribution in [3.8, 4) is 36.4 Å². The van der Waals surface area contributed by atoms with E-state index >= 15 is 0 Å². The zero-order valence-electron chi connectivity index (χ0n) is 15.5. The second-order valence-electron chi connectivity index (χ2n) is 6.25. The van der Waals surface area contributed by atoms with Gasteiger partial charge in [0.05, 0.1) is 16.6 Å². The third-order valence-electron chi connectivity index (χ3n) is 4.74. The number of nitriles is 6. The second-order valence-corrected chi connectivity index (χ2v) is 6.25. The number of aromatic nitrogens is 4. The van der Waals surface area contributed by atoms with Crippen LogP contribution in [0.15, 0.2) is 6.07 Å². The number of nitrogens with zero attached hydrogens (tertiary/aromatic N) is 10. The van der Waals surface area contributed by atoms with Crippen LogP contribution in [0.4, 0.5) is 0 Å². The monoisotopic (exact) mass is 396 g/mol. The Hall–Kier alpha value is -5.68. The van der Waals surface area contributed by atoms with Gasteiger partial charge in [-0.3, -0.25) is 0 Å². The predicted octanol–water partition coefficient (Wildman–Crippen LogP) is 2.26. The van der Waals surface area contributed by atoms with Gasteiger partial charge in [-0.05, 0) is 18.6 Å². The SMILES string of the molecule is Cc1c(C#N)c(C#N)nc2c3nc(C#N)c(C#N)nc3c3cc(C#N)c(C#N)nc3c12. The zero-order chi connectivity index (χ0) is 22.3. The lowest BCUT2D eigenvalue weighted by Gasteiger charge is -2.12. The van der Waals surface area contributed by atoms with Crippen molar-refractivity contribution in [2.45, 2.75) is 6.92 Å². The zero-order valence-corrected chi connectivity index (χ0v) is 15.5. The van der Waals surface area contributed by atoms with Gasteiger partial charge in [0.1, 0.15) is 53.0 Å². The van der Waals surface area contributed by atoms with Crippen molar-refractivity contribution in [1.82, 2.24) is 19.9 Å². The number of aryl methyl sites for hydroxylation is 1. The molecule has 0 aliphatic heterocycles. The van der Waals surface area contributed by atoms with E-state index < -0.39 is 0 Å². The van der Waals surface area contributed by atoms with Crippen LogP contribution < -0.4 is 0 Å². The van der Waals surface area contributed by atoms with E-state index in [0.29, 0.717) is 16.3 Å². The average Bonchev–Trinajstić information content (AvgIpc) is 2.81. The first-order valence-corrected chi connectivity index (χ1v) is 8.46. The van der Waals surface area contributed by atoms with Crippen molar-refractivity contribution in [3.05, 3.63) is 45.5 Å². The molecule has 10 nitrogen and oxygen atoms in total. The van der Waals surface area contributed by atoms with Gasteiger partial charge < -0.3 is 0 Å². The third kappa shape index (κ3) is 2.45. The predicted molar refractivity (Wildman–Crippen MR) is 103 cm³/mol. The van der Waals surface area contributed by atoms with Crippen LogP contribution in [0.2, 0.25) is 0 Å². The molecule has 0 fully saturated rings. The average molecular weight is 396 g/mol. The van der Waals surface area contributed by atoms with Crippen molar-refractivity contribution in [3.63, 3.8) is 0 Å². The van der Waals surface area contributed by atoms with Crippen molar-refractivity contribution in [2.24, 2.45) is 0 Å². The Bertz CT molecular complexity index is 1700. The van der Waals surface area contributed by atoms with Crippen molar-refractivity contribution in [2.75, 3.05) is 0 Å². The van der Waals surface area contributed by atoms with Gasteiger partial charge in [0.2, 0.25) is 0 Å². The van der Waals surface area contributed by atoms with Crippen molar-refractivity contribution in [1.29, 1.82) is 31.6 Å². The highest BCUT2D eigenvalue weighted by Gasteiger charge is 2.23. The lowest BCUT2D eigenvalue weighted by molar-refractivity contribution is 1.19. The molecule has 0 amide bonds. The second kappa shape index (κ2) is 6.73. The first kappa shape index (κ1) is 18.7. The van der Waals surface area contributed by atoms with Gasteiger partial charge in [-0.2, -0.15) is 31.6 Å². The van der Waals surface area contributed by atoms with Crippen molar-refractivity contribution >= 4 is 32.8 Å². The lowest BCUT2D eigenvalue weighted by Crippen LogP contribution is -2.04. The van der Waals surface area contributed by atoms with E-state index in [1.165, 1.54) is 6.07 Å². The molecule has 0 saturated heterocycles.